The van der Waals surface area contributed by atoms with E-state index in [9.17, 15) is 24.9 Å². The van der Waals surface area contributed by atoms with Crippen molar-refractivity contribution < 1.29 is 24.9 Å². The molecular formula is C24H35NO5. The van der Waals surface area contributed by atoms with Crippen LogP contribution in [0.3, 0.4) is 0 Å². The van der Waals surface area contributed by atoms with Crippen molar-refractivity contribution in [2.45, 2.75) is 89.3 Å². The average Bonchev–Trinajstić information content (AvgIpc) is 3.04. The molecule has 4 atom stereocenters. The van der Waals surface area contributed by atoms with Crippen molar-refractivity contribution in [3.63, 3.8) is 0 Å². The fourth-order valence-corrected chi connectivity index (χ4v) is 6.03. The first-order valence-corrected chi connectivity index (χ1v) is 11.7. The lowest BCUT2D eigenvalue weighted by Gasteiger charge is -2.38. The third kappa shape index (κ3) is 4.80. The molecule has 0 aromatic rings. The minimum atomic E-state index is -0.382. The number of hydrogen-bond acceptors (Lipinski definition) is 5. The maximum atomic E-state index is 12.4. The van der Waals surface area contributed by atoms with Crippen LogP contribution < -0.4 is 0 Å². The molecule has 4 unspecified atom stereocenters. The summed E-state index contributed by atoms with van der Waals surface area (Å²) < 4.78 is 0. The van der Waals surface area contributed by atoms with Crippen LogP contribution in [0.5, 0.6) is 0 Å². The van der Waals surface area contributed by atoms with E-state index < -0.39 is 0 Å². The minimum absolute atomic E-state index is 0.0196. The van der Waals surface area contributed by atoms with E-state index in [1.165, 1.54) is 4.90 Å². The highest BCUT2D eigenvalue weighted by Gasteiger charge is 2.41. The van der Waals surface area contributed by atoms with Gasteiger partial charge in [0.05, 0.1) is 17.9 Å². The molecule has 30 heavy (non-hydrogen) atoms. The molecule has 0 radical (unpaired) electrons. The van der Waals surface area contributed by atoms with Crippen molar-refractivity contribution in [3.8, 4) is 0 Å². The van der Waals surface area contributed by atoms with Crippen LogP contribution in [0.4, 0.5) is 0 Å². The van der Waals surface area contributed by atoms with Gasteiger partial charge in [-0.15, -0.1) is 0 Å². The topological polar surface area (TPSA) is 98.1 Å². The molecular weight excluding hydrogens is 382 g/mol. The lowest BCUT2D eigenvalue weighted by molar-refractivity contribution is -0.137. The lowest BCUT2D eigenvalue weighted by Crippen LogP contribution is -2.37. The summed E-state index contributed by atoms with van der Waals surface area (Å²) in [6.45, 7) is 0. The number of aliphatic hydroxyl groups is 3. The summed E-state index contributed by atoms with van der Waals surface area (Å²) in [7, 11) is 0. The van der Waals surface area contributed by atoms with Gasteiger partial charge in [0.15, 0.2) is 0 Å². The Labute approximate surface area is 178 Å². The molecule has 4 rings (SSSR count). The van der Waals surface area contributed by atoms with E-state index in [1.807, 2.05) is 6.08 Å². The SMILES string of the molecule is O=C1CCC(=O)N1C1=C(O)CC(CC2CCC(O)CC2)CC1CC1C=CC(O)CC1. The maximum absolute atomic E-state index is 12.4. The average molecular weight is 418 g/mol. The highest BCUT2D eigenvalue weighted by atomic mass is 16.3. The van der Waals surface area contributed by atoms with Crippen LogP contribution in [-0.4, -0.2) is 44.2 Å². The van der Waals surface area contributed by atoms with Gasteiger partial charge < -0.3 is 15.3 Å². The molecule has 1 aliphatic heterocycles. The number of carbonyl (C=O) groups excluding carboxylic acids is 2. The normalized spacial score (nSPS) is 37.9. The van der Waals surface area contributed by atoms with Gasteiger partial charge >= 0.3 is 0 Å². The fraction of sp³-hybridized carbons (Fsp3) is 0.750. The molecule has 2 fully saturated rings. The quantitative estimate of drug-likeness (QED) is 0.469. The summed E-state index contributed by atoms with van der Waals surface area (Å²) in [6.07, 6.45) is 12.4. The van der Waals surface area contributed by atoms with Crippen molar-refractivity contribution in [1.82, 2.24) is 4.90 Å². The Hall–Kier alpha value is -1.66. The second-order valence-electron chi connectivity index (χ2n) is 9.89. The Kier molecular flexibility index (Phi) is 6.63. The highest BCUT2D eigenvalue weighted by Crippen LogP contribution is 2.44. The molecule has 1 heterocycles. The summed E-state index contributed by atoms with van der Waals surface area (Å²) in [5.41, 5.74) is 0.553. The summed E-state index contributed by atoms with van der Waals surface area (Å²) in [5.74, 6) is 1.02. The zero-order chi connectivity index (χ0) is 21.3. The van der Waals surface area contributed by atoms with Crippen molar-refractivity contribution >= 4 is 11.8 Å². The molecule has 6 heteroatoms. The van der Waals surface area contributed by atoms with E-state index in [1.54, 1.807) is 0 Å². The third-order valence-corrected chi connectivity index (χ3v) is 7.58. The first-order valence-electron chi connectivity index (χ1n) is 11.7. The summed E-state index contributed by atoms with van der Waals surface area (Å²) in [5, 5.41) is 30.5. The Morgan fingerprint density at radius 3 is 2.20 bits per heavy atom. The predicted octanol–water partition coefficient (Wildman–Crippen LogP) is 3.59. The first kappa shape index (κ1) is 21.6. The number of hydrogen-bond donors (Lipinski definition) is 3. The van der Waals surface area contributed by atoms with Gasteiger partial charge in [-0.1, -0.05) is 12.2 Å². The first-order chi connectivity index (χ1) is 14.4. The molecule has 166 valence electrons. The maximum Gasteiger partial charge on any atom is 0.234 e. The second-order valence-corrected chi connectivity index (χ2v) is 9.89. The van der Waals surface area contributed by atoms with Gasteiger partial charge in [0.2, 0.25) is 11.8 Å². The molecule has 6 nitrogen and oxygen atoms in total. The molecule has 1 saturated heterocycles. The number of imide groups is 1. The van der Waals surface area contributed by atoms with Crippen LogP contribution in [0.25, 0.3) is 0 Å². The Bertz CT molecular complexity index is 705. The Morgan fingerprint density at radius 2 is 1.57 bits per heavy atom. The van der Waals surface area contributed by atoms with Crippen LogP contribution in [0.1, 0.15) is 77.0 Å². The third-order valence-electron chi connectivity index (χ3n) is 7.58. The summed E-state index contributed by atoms with van der Waals surface area (Å²) in [4.78, 5) is 26.1. The monoisotopic (exact) mass is 417 g/mol. The highest BCUT2D eigenvalue weighted by molar-refractivity contribution is 6.03. The van der Waals surface area contributed by atoms with E-state index in [4.69, 9.17) is 0 Å². The second kappa shape index (κ2) is 9.23. The van der Waals surface area contributed by atoms with E-state index in [-0.39, 0.29) is 54.5 Å². The van der Waals surface area contributed by atoms with Gasteiger partial charge in [0, 0.05) is 25.2 Å². The zero-order valence-electron chi connectivity index (χ0n) is 17.7. The standard InChI is InChI=1S/C24H35NO5/c26-19-5-1-15(2-6-19)11-17-13-18(12-16-3-7-20(27)8-4-16)24(21(28)14-17)25-22(29)9-10-23(25)30/h3,7,15-20,26-28H,1-2,4-6,8-14H2. The van der Waals surface area contributed by atoms with Gasteiger partial charge in [-0.3, -0.25) is 14.5 Å². The van der Waals surface area contributed by atoms with Gasteiger partial charge in [0.25, 0.3) is 0 Å². The molecule has 2 amide bonds. The van der Waals surface area contributed by atoms with E-state index >= 15 is 0 Å². The minimum Gasteiger partial charge on any atom is -0.510 e. The zero-order valence-corrected chi connectivity index (χ0v) is 17.7. The number of likely N-dealkylation sites (tertiary alicyclic amines) is 1. The molecule has 3 aliphatic carbocycles. The van der Waals surface area contributed by atoms with Gasteiger partial charge in [-0.05, 0) is 75.5 Å². The smallest absolute Gasteiger partial charge is 0.234 e. The summed E-state index contributed by atoms with van der Waals surface area (Å²) in [6, 6.07) is 0. The van der Waals surface area contributed by atoms with Crippen LogP contribution in [0.15, 0.2) is 23.6 Å². The molecule has 1 saturated carbocycles. The number of carbonyl (C=O) groups is 2. The van der Waals surface area contributed by atoms with Gasteiger partial charge in [-0.2, -0.15) is 0 Å². The Balaban J connectivity index is 1.52. The van der Waals surface area contributed by atoms with Crippen LogP contribution in [0, 0.1) is 23.7 Å². The molecule has 3 N–H and O–H groups in total. The number of aliphatic hydroxyl groups excluding tert-OH is 3. The van der Waals surface area contributed by atoms with Crippen LogP contribution in [-0.2, 0) is 9.59 Å². The fourth-order valence-electron chi connectivity index (χ4n) is 6.03. The molecule has 0 spiro atoms. The largest absolute Gasteiger partial charge is 0.510 e. The Morgan fingerprint density at radius 1 is 0.867 bits per heavy atom. The molecule has 0 bridgehead atoms. The van der Waals surface area contributed by atoms with Crippen molar-refractivity contribution in [2.24, 2.45) is 23.7 Å². The van der Waals surface area contributed by atoms with Gasteiger partial charge in [-0.25, -0.2) is 0 Å². The lowest BCUT2D eigenvalue weighted by atomic mass is 9.72. The van der Waals surface area contributed by atoms with Crippen molar-refractivity contribution in [2.75, 3.05) is 0 Å². The molecule has 4 aliphatic rings. The van der Waals surface area contributed by atoms with E-state index in [0.29, 0.717) is 24.0 Å². The van der Waals surface area contributed by atoms with E-state index in [2.05, 4.69) is 6.08 Å². The molecule has 0 aromatic heterocycles. The van der Waals surface area contributed by atoms with Crippen LogP contribution in [0.2, 0.25) is 0 Å². The number of rotatable bonds is 5. The van der Waals surface area contributed by atoms with Crippen molar-refractivity contribution in [1.29, 1.82) is 0 Å². The van der Waals surface area contributed by atoms with Crippen LogP contribution >= 0.6 is 0 Å². The summed E-state index contributed by atoms with van der Waals surface area (Å²) >= 11 is 0. The number of amides is 2. The number of nitrogens with zero attached hydrogens (tertiary/aromatic N) is 1. The number of allylic oxidation sites excluding steroid dienone is 3. The van der Waals surface area contributed by atoms with Gasteiger partial charge in [0.1, 0.15) is 5.76 Å². The predicted molar refractivity (Wildman–Crippen MR) is 112 cm³/mol. The molecule has 0 aromatic carbocycles. The van der Waals surface area contributed by atoms with Crippen molar-refractivity contribution in [3.05, 3.63) is 23.6 Å². The van der Waals surface area contributed by atoms with E-state index in [0.717, 1.165) is 57.8 Å².